The minimum atomic E-state index is -0.0622. The van der Waals surface area contributed by atoms with Crippen molar-refractivity contribution < 1.29 is 9.90 Å². The second-order valence-corrected chi connectivity index (χ2v) is 7.54. The third-order valence-corrected chi connectivity index (χ3v) is 5.65. The van der Waals surface area contributed by atoms with E-state index in [1.54, 1.807) is 17.0 Å². The molecule has 1 saturated heterocycles. The summed E-state index contributed by atoms with van der Waals surface area (Å²) in [6, 6.07) is 8.40. The van der Waals surface area contributed by atoms with Crippen LogP contribution in [-0.2, 0) is 4.79 Å². The van der Waals surface area contributed by atoms with Crippen LogP contribution in [-0.4, -0.2) is 52.1 Å². The van der Waals surface area contributed by atoms with E-state index in [1.165, 1.54) is 18.5 Å². The molecule has 0 unspecified atom stereocenters. The molecule has 29 heavy (non-hydrogen) atoms. The summed E-state index contributed by atoms with van der Waals surface area (Å²) >= 11 is 12.9. The van der Waals surface area contributed by atoms with Crippen molar-refractivity contribution in [3.63, 3.8) is 0 Å². The molecule has 0 spiro atoms. The van der Waals surface area contributed by atoms with Crippen LogP contribution in [0.25, 0.3) is 22.0 Å². The Kier molecular flexibility index (Phi) is 5.30. The molecule has 4 rings (SSSR count). The second-order valence-electron chi connectivity index (χ2n) is 6.73. The Balaban J connectivity index is 1.72. The SMILES string of the molecule is C=CC(=O)N1CCN(c2ncnc3cc(-c4cc(O)ccc4Cl)c(Cl)cc23)CC1. The Morgan fingerprint density at radius 3 is 2.48 bits per heavy atom. The zero-order chi connectivity index (χ0) is 20.5. The molecule has 1 amide bonds. The number of benzene rings is 2. The van der Waals surface area contributed by atoms with Gasteiger partial charge in [0.1, 0.15) is 17.9 Å². The average Bonchev–Trinajstić information content (AvgIpc) is 2.74. The molecule has 1 N–H and O–H groups in total. The van der Waals surface area contributed by atoms with E-state index in [2.05, 4.69) is 21.4 Å². The molecule has 1 fully saturated rings. The molecule has 6 nitrogen and oxygen atoms in total. The number of halogens is 2. The first-order valence-corrected chi connectivity index (χ1v) is 9.83. The quantitative estimate of drug-likeness (QED) is 0.634. The molecule has 0 atom stereocenters. The molecule has 1 aromatic heterocycles. The van der Waals surface area contributed by atoms with Crippen molar-refractivity contribution in [1.82, 2.24) is 14.9 Å². The van der Waals surface area contributed by atoms with Gasteiger partial charge in [0.15, 0.2) is 0 Å². The molecule has 3 aromatic rings. The Labute approximate surface area is 178 Å². The standard InChI is InChI=1S/C21H18Cl2N4O2/c1-2-20(29)26-5-7-27(8-6-26)21-16-10-18(23)15(11-19(16)24-12-25-21)14-9-13(28)3-4-17(14)22/h2-4,9-12,28H,1,5-8H2. The number of carbonyl (C=O) groups excluding carboxylic acids is 1. The third kappa shape index (κ3) is 3.73. The van der Waals surface area contributed by atoms with E-state index in [9.17, 15) is 9.90 Å². The number of carbonyl (C=O) groups is 1. The highest BCUT2D eigenvalue weighted by molar-refractivity contribution is 6.37. The molecule has 148 valence electrons. The number of piperazine rings is 1. The maximum Gasteiger partial charge on any atom is 0.246 e. The van der Waals surface area contributed by atoms with Gasteiger partial charge in [-0.25, -0.2) is 9.97 Å². The summed E-state index contributed by atoms with van der Waals surface area (Å²) in [7, 11) is 0. The molecule has 2 aromatic carbocycles. The first-order valence-electron chi connectivity index (χ1n) is 9.07. The highest BCUT2D eigenvalue weighted by atomic mass is 35.5. The van der Waals surface area contributed by atoms with Crippen molar-refractivity contribution in [2.24, 2.45) is 0 Å². The van der Waals surface area contributed by atoms with Gasteiger partial charge in [-0.1, -0.05) is 29.8 Å². The summed E-state index contributed by atoms with van der Waals surface area (Å²) in [6.45, 7) is 6.05. The van der Waals surface area contributed by atoms with Gasteiger partial charge in [0.2, 0.25) is 5.91 Å². The lowest BCUT2D eigenvalue weighted by Crippen LogP contribution is -2.48. The van der Waals surface area contributed by atoms with Crippen molar-refractivity contribution >= 4 is 45.8 Å². The number of phenolic OH excluding ortho intramolecular Hbond substituents is 1. The minimum absolute atomic E-state index is 0.0622. The van der Waals surface area contributed by atoms with Gasteiger partial charge in [-0.05, 0) is 36.4 Å². The van der Waals surface area contributed by atoms with Crippen molar-refractivity contribution in [3.05, 3.63) is 59.4 Å². The summed E-state index contributed by atoms with van der Waals surface area (Å²) in [4.78, 5) is 24.5. The van der Waals surface area contributed by atoms with Gasteiger partial charge in [-0.2, -0.15) is 0 Å². The van der Waals surface area contributed by atoms with Crippen LogP contribution in [0.4, 0.5) is 5.82 Å². The van der Waals surface area contributed by atoms with E-state index in [4.69, 9.17) is 23.2 Å². The monoisotopic (exact) mass is 428 g/mol. The van der Waals surface area contributed by atoms with E-state index >= 15 is 0 Å². The van der Waals surface area contributed by atoms with Crippen LogP contribution in [0.2, 0.25) is 10.0 Å². The van der Waals surface area contributed by atoms with E-state index in [1.807, 2.05) is 12.1 Å². The fourth-order valence-electron chi connectivity index (χ4n) is 3.51. The van der Waals surface area contributed by atoms with Crippen molar-refractivity contribution in [2.45, 2.75) is 0 Å². The van der Waals surface area contributed by atoms with Crippen LogP contribution in [0.15, 0.2) is 49.3 Å². The fraction of sp³-hybridized carbons (Fsp3) is 0.190. The van der Waals surface area contributed by atoms with Gasteiger partial charge in [0.25, 0.3) is 0 Å². The van der Waals surface area contributed by atoms with Gasteiger partial charge in [-0.15, -0.1) is 0 Å². The van der Waals surface area contributed by atoms with Gasteiger partial charge >= 0.3 is 0 Å². The van der Waals surface area contributed by atoms with Gasteiger partial charge in [0, 0.05) is 52.7 Å². The molecule has 0 radical (unpaired) electrons. The van der Waals surface area contributed by atoms with Gasteiger partial charge in [0.05, 0.1) is 5.52 Å². The number of nitrogens with zero attached hydrogens (tertiary/aromatic N) is 4. The third-order valence-electron chi connectivity index (χ3n) is 5.01. The lowest BCUT2D eigenvalue weighted by atomic mass is 10.0. The van der Waals surface area contributed by atoms with Crippen LogP contribution in [0.3, 0.4) is 0 Å². The summed E-state index contributed by atoms with van der Waals surface area (Å²) in [5, 5.41) is 11.6. The summed E-state index contributed by atoms with van der Waals surface area (Å²) in [6.07, 6.45) is 2.85. The molecule has 1 aliphatic rings. The molecule has 0 saturated carbocycles. The number of hydrogen-bond acceptors (Lipinski definition) is 5. The fourth-order valence-corrected chi connectivity index (χ4v) is 3.99. The second kappa shape index (κ2) is 7.89. The topological polar surface area (TPSA) is 69.6 Å². The van der Waals surface area contributed by atoms with Crippen LogP contribution >= 0.6 is 23.2 Å². The van der Waals surface area contributed by atoms with Gasteiger partial charge < -0.3 is 14.9 Å². The smallest absolute Gasteiger partial charge is 0.246 e. The lowest BCUT2D eigenvalue weighted by molar-refractivity contribution is -0.126. The largest absolute Gasteiger partial charge is 0.508 e. The van der Waals surface area contributed by atoms with Crippen molar-refractivity contribution in [2.75, 3.05) is 31.1 Å². The first kappa shape index (κ1) is 19.5. The number of fused-ring (bicyclic) bond motifs is 1. The molecular weight excluding hydrogens is 411 g/mol. The van der Waals surface area contributed by atoms with Crippen LogP contribution < -0.4 is 4.90 Å². The first-order chi connectivity index (χ1) is 14.0. The average molecular weight is 429 g/mol. The maximum atomic E-state index is 11.8. The van der Waals surface area contributed by atoms with Crippen LogP contribution in [0, 0.1) is 0 Å². The highest BCUT2D eigenvalue weighted by Gasteiger charge is 2.22. The highest BCUT2D eigenvalue weighted by Crippen LogP contribution is 2.38. The van der Waals surface area contributed by atoms with Crippen molar-refractivity contribution in [1.29, 1.82) is 0 Å². The molecule has 0 bridgehead atoms. The molecule has 8 heteroatoms. The number of phenols is 1. The summed E-state index contributed by atoms with van der Waals surface area (Å²) in [5.74, 6) is 0.819. The van der Waals surface area contributed by atoms with E-state index in [-0.39, 0.29) is 11.7 Å². The van der Waals surface area contributed by atoms with E-state index in [0.717, 1.165) is 16.7 Å². The molecule has 0 aliphatic carbocycles. The number of aromatic nitrogens is 2. The minimum Gasteiger partial charge on any atom is -0.508 e. The van der Waals surface area contributed by atoms with Crippen molar-refractivity contribution in [3.8, 4) is 16.9 Å². The number of anilines is 1. The predicted octanol–water partition coefficient (Wildman–Crippen LogP) is 4.14. The van der Waals surface area contributed by atoms with Gasteiger partial charge in [-0.3, -0.25) is 4.79 Å². The summed E-state index contributed by atoms with van der Waals surface area (Å²) in [5.41, 5.74) is 2.04. The number of amides is 1. The Bertz CT molecular complexity index is 1110. The van der Waals surface area contributed by atoms with Crippen LogP contribution in [0.1, 0.15) is 0 Å². The normalized spacial score (nSPS) is 14.3. The Morgan fingerprint density at radius 1 is 1.03 bits per heavy atom. The number of hydrogen-bond donors (Lipinski definition) is 1. The zero-order valence-electron chi connectivity index (χ0n) is 15.5. The zero-order valence-corrected chi connectivity index (χ0v) is 17.0. The maximum absolute atomic E-state index is 11.8. The number of rotatable bonds is 3. The molecular formula is C21H18Cl2N4O2. The Hall–Kier alpha value is -2.83. The van der Waals surface area contributed by atoms with Crippen LogP contribution in [0.5, 0.6) is 5.75 Å². The molecule has 2 heterocycles. The summed E-state index contributed by atoms with van der Waals surface area (Å²) < 4.78 is 0. The Morgan fingerprint density at radius 2 is 1.76 bits per heavy atom. The van der Waals surface area contributed by atoms with E-state index in [0.29, 0.717) is 47.4 Å². The predicted molar refractivity (Wildman–Crippen MR) is 116 cm³/mol. The number of aromatic hydroxyl groups is 1. The van der Waals surface area contributed by atoms with E-state index < -0.39 is 0 Å². The lowest BCUT2D eigenvalue weighted by Gasteiger charge is -2.35. The molecule has 1 aliphatic heterocycles.